The molecule has 0 aliphatic carbocycles. The van der Waals surface area contributed by atoms with Gasteiger partial charge in [-0.3, -0.25) is 0 Å². The molecule has 0 radical (unpaired) electrons. The molecule has 0 amide bonds. The zero-order chi connectivity index (χ0) is 8.43. The summed E-state index contributed by atoms with van der Waals surface area (Å²) in [6.45, 7) is -0.179. The van der Waals surface area contributed by atoms with E-state index in [9.17, 15) is 0 Å². The first-order chi connectivity index (χ1) is 5.15. The fraction of sp³-hybridized carbons (Fsp3) is 0.143. The van der Waals surface area contributed by atoms with Crippen molar-refractivity contribution in [2.24, 2.45) is 0 Å². The van der Waals surface area contributed by atoms with Gasteiger partial charge in [-0.15, -0.1) is 12.6 Å². The monoisotopic (exact) mass is 172 g/mol. The topological polar surface area (TPSA) is 60.7 Å². The Kier molecular flexibility index (Phi) is 2.26. The molecular formula is C7H8O3S. The van der Waals surface area contributed by atoms with Crippen molar-refractivity contribution < 1.29 is 15.3 Å². The van der Waals surface area contributed by atoms with Crippen LogP contribution in [0, 0.1) is 0 Å². The molecule has 0 atom stereocenters. The first-order valence-electron chi connectivity index (χ1n) is 3.00. The number of aliphatic hydroxyl groups excluding tert-OH is 1. The Labute approximate surface area is 69.3 Å². The Hall–Kier alpha value is -0.870. The highest BCUT2D eigenvalue weighted by Crippen LogP contribution is 2.32. The van der Waals surface area contributed by atoms with Crippen LogP contribution in [0.5, 0.6) is 11.5 Å². The molecule has 0 saturated heterocycles. The molecule has 0 fully saturated rings. The van der Waals surface area contributed by atoms with E-state index in [2.05, 4.69) is 12.6 Å². The number of hydrogen-bond acceptors (Lipinski definition) is 4. The molecule has 60 valence electrons. The van der Waals surface area contributed by atoms with E-state index in [-0.39, 0.29) is 23.0 Å². The molecular weight excluding hydrogens is 164 g/mol. The standard InChI is InChI=1S/C7H8O3S/c8-3-4-1-5(9)7(10)6(11)2-4/h1-2,8-11H,3H2. The van der Waals surface area contributed by atoms with Crippen molar-refractivity contribution in [3.63, 3.8) is 0 Å². The largest absolute Gasteiger partial charge is 0.504 e. The Bertz CT molecular complexity index is 249. The van der Waals surface area contributed by atoms with Gasteiger partial charge in [-0.05, 0) is 17.7 Å². The van der Waals surface area contributed by atoms with Gasteiger partial charge in [0, 0.05) is 0 Å². The summed E-state index contributed by atoms with van der Waals surface area (Å²) < 4.78 is 0. The molecule has 4 heteroatoms. The summed E-state index contributed by atoms with van der Waals surface area (Å²) in [5.41, 5.74) is 0.519. The van der Waals surface area contributed by atoms with Crippen LogP contribution < -0.4 is 0 Å². The lowest BCUT2D eigenvalue weighted by molar-refractivity contribution is 0.280. The summed E-state index contributed by atoms with van der Waals surface area (Å²) in [4.78, 5) is 0.258. The molecule has 0 unspecified atom stereocenters. The maximum absolute atomic E-state index is 9.02. The third-order valence-electron chi connectivity index (χ3n) is 1.31. The van der Waals surface area contributed by atoms with Gasteiger partial charge < -0.3 is 15.3 Å². The minimum atomic E-state index is -0.262. The Morgan fingerprint density at radius 1 is 1.27 bits per heavy atom. The van der Waals surface area contributed by atoms with Crippen LogP contribution >= 0.6 is 12.6 Å². The van der Waals surface area contributed by atoms with Gasteiger partial charge in [0.15, 0.2) is 11.5 Å². The molecule has 1 aromatic rings. The fourth-order valence-electron chi connectivity index (χ4n) is 0.752. The first kappa shape index (κ1) is 8.23. The number of rotatable bonds is 1. The fourth-order valence-corrected chi connectivity index (χ4v) is 1.03. The van der Waals surface area contributed by atoms with Crippen LogP contribution in [-0.2, 0) is 6.61 Å². The molecule has 1 aromatic carbocycles. The van der Waals surface area contributed by atoms with Crippen LogP contribution in [-0.4, -0.2) is 15.3 Å². The van der Waals surface area contributed by atoms with Crippen molar-refractivity contribution in [2.45, 2.75) is 11.5 Å². The lowest BCUT2D eigenvalue weighted by Crippen LogP contribution is -1.83. The van der Waals surface area contributed by atoms with E-state index in [1.54, 1.807) is 0 Å². The zero-order valence-corrected chi connectivity index (χ0v) is 6.55. The first-order valence-corrected chi connectivity index (χ1v) is 3.44. The molecule has 0 aromatic heterocycles. The average molecular weight is 172 g/mol. The van der Waals surface area contributed by atoms with E-state index < -0.39 is 0 Å². The molecule has 0 heterocycles. The van der Waals surface area contributed by atoms with Crippen molar-refractivity contribution in [1.29, 1.82) is 0 Å². The number of benzene rings is 1. The number of aromatic hydroxyl groups is 2. The van der Waals surface area contributed by atoms with E-state index in [0.29, 0.717) is 5.56 Å². The summed E-state index contributed by atoms with van der Waals surface area (Å²) in [5.74, 6) is -0.521. The maximum Gasteiger partial charge on any atom is 0.171 e. The Morgan fingerprint density at radius 2 is 1.91 bits per heavy atom. The molecule has 3 nitrogen and oxygen atoms in total. The molecule has 0 saturated carbocycles. The third-order valence-corrected chi connectivity index (χ3v) is 1.65. The van der Waals surface area contributed by atoms with E-state index in [1.807, 2.05) is 0 Å². The number of aliphatic hydroxyl groups is 1. The molecule has 0 aliphatic heterocycles. The number of thiol groups is 1. The highest BCUT2D eigenvalue weighted by atomic mass is 32.1. The molecule has 11 heavy (non-hydrogen) atoms. The number of phenols is 2. The highest BCUT2D eigenvalue weighted by molar-refractivity contribution is 7.80. The smallest absolute Gasteiger partial charge is 0.171 e. The van der Waals surface area contributed by atoms with Crippen molar-refractivity contribution in [2.75, 3.05) is 0 Å². The maximum atomic E-state index is 9.02. The molecule has 1 rings (SSSR count). The van der Waals surface area contributed by atoms with Crippen molar-refractivity contribution >= 4 is 12.6 Å². The van der Waals surface area contributed by atoms with Crippen molar-refractivity contribution in [1.82, 2.24) is 0 Å². The average Bonchev–Trinajstić information content (AvgIpc) is 1.99. The predicted octanol–water partition coefficient (Wildman–Crippen LogP) is 0.879. The second kappa shape index (κ2) is 3.02. The lowest BCUT2D eigenvalue weighted by Gasteiger charge is -2.02. The minimum Gasteiger partial charge on any atom is -0.504 e. The zero-order valence-electron chi connectivity index (χ0n) is 5.65. The van der Waals surface area contributed by atoms with Gasteiger partial charge in [0.25, 0.3) is 0 Å². The predicted molar refractivity (Wildman–Crippen MR) is 42.9 cm³/mol. The summed E-state index contributed by atoms with van der Waals surface area (Å²) >= 11 is 3.87. The van der Waals surface area contributed by atoms with Gasteiger partial charge in [-0.2, -0.15) is 0 Å². The van der Waals surface area contributed by atoms with Gasteiger partial charge in [0.2, 0.25) is 0 Å². The Morgan fingerprint density at radius 3 is 2.36 bits per heavy atom. The second-order valence-corrected chi connectivity index (χ2v) is 2.62. The minimum absolute atomic E-state index is 0.179. The SMILES string of the molecule is OCc1cc(O)c(O)c(S)c1. The highest BCUT2D eigenvalue weighted by Gasteiger charge is 2.04. The van der Waals surface area contributed by atoms with E-state index in [1.165, 1.54) is 12.1 Å². The van der Waals surface area contributed by atoms with Gasteiger partial charge in [-0.1, -0.05) is 0 Å². The van der Waals surface area contributed by atoms with E-state index in [4.69, 9.17) is 15.3 Å². The summed E-state index contributed by atoms with van der Waals surface area (Å²) in [6, 6.07) is 2.77. The van der Waals surface area contributed by atoms with Gasteiger partial charge in [0.05, 0.1) is 11.5 Å². The second-order valence-electron chi connectivity index (χ2n) is 2.14. The lowest BCUT2D eigenvalue weighted by atomic mass is 10.2. The van der Waals surface area contributed by atoms with Gasteiger partial charge in [-0.25, -0.2) is 0 Å². The number of hydrogen-bond donors (Lipinski definition) is 4. The third kappa shape index (κ3) is 1.58. The molecule has 0 spiro atoms. The van der Waals surface area contributed by atoms with Crippen LogP contribution in [0.3, 0.4) is 0 Å². The normalized spacial score (nSPS) is 10.0. The number of phenolic OH excluding ortho intramolecular Hbond substituents is 2. The van der Waals surface area contributed by atoms with E-state index >= 15 is 0 Å². The molecule has 3 N–H and O–H groups in total. The Balaban J connectivity index is 3.21. The van der Waals surface area contributed by atoms with Crippen molar-refractivity contribution in [3.05, 3.63) is 17.7 Å². The molecule has 0 bridgehead atoms. The van der Waals surface area contributed by atoms with Crippen LogP contribution in [0.15, 0.2) is 17.0 Å². The van der Waals surface area contributed by atoms with Crippen molar-refractivity contribution in [3.8, 4) is 11.5 Å². The summed E-state index contributed by atoms with van der Waals surface area (Å²) in [5, 5.41) is 26.7. The van der Waals surface area contributed by atoms with Gasteiger partial charge in [0.1, 0.15) is 0 Å². The van der Waals surface area contributed by atoms with Gasteiger partial charge >= 0.3 is 0 Å². The van der Waals surface area contributed by atoms with Crippen LogP contribution in [0.25, 0.3) is 0 Å². The summed E-state index contributed by atoms with van der Waals surface area (Å²) in [6.07, 6.45) is 0. The summed E-state index contributed by atoms with van der Waals surface area (Å²) in [7, 11) is 0. The quantitative estimate of drug-likeness (QED) is 0.375. The van der Waals surface area contributed by atoms with Crippen LogP contribution in [0.2, 0.25) is 0 Å². The van der Waals surface area contributed by atoms with E-state index in [0.717, 1.165) is 0 Å². The van der Waals surface area contributed by atoms with Crippen LogP contribution in [0.4, 0.5) is 0 Å². The van der Waals surface area contributed by atoms with Crippen LogP contribution in [0.1, 0.15) is 5.56 Å². The molecule has 0 aliphatic rings.